The third kappa shape index (κ3) is 4.55. The summed E-state index contributed by atoms with van der Waals surface area (Å²) < 4.78 is 16.5. The average molecular weight is 383 g/mol. The van der Waals surface area contributed by atoms with Crippen molar-refractivity contribution < 1.29 is 19.0 Å². The molecule has 0 amide bonds. The van der Waals surface area contributed by atoms with Gasteiger partial charge in [-0.25, -0.2) is 9.78 Å². The number of methoxy groups -OCH3 is 1. The highest BCUT2D eigenvalue weighted by atomic mass is 16.5. The largest absolute Gasteiger partial charge is 0.472 e. The van der Waals surface area contributed by atoms with Gasteiger partial charge in [-0.15, -0.1) is 0 Å². The molecule has 0 fully saturated rings. The maximum absolute atomic E-state index is 11.9. The van der Waals surface area contributed by atoms with Crippen molar-refractivity contribution in [2.45, 2.75) is 25.9 Å². The highest BCUT2D eigenvalue weighted by Crippen LogP contribution is 2.31. The van der Waals surface area contributed by atoms with E-state index in [1.165, 1.54) is 7.11 Å². The van der Waals surface area contributed by atoms with Crippen LogP contribution in [0.3, 0.4) is 0 Å². The molecule has 0 aliphatic heterocycles. The molecule has 0 radical (unpaired) electrons. The Hall–Kier alpha value is -2.77. The third-order valence-corrected chi connectivity index (χ3v) is 4.39. The molecule has 0 unspecified atom stereocenters. The number of carbonyl (C=O) groups excluding carboxylic acids is 1. The van der Waals surface area contributed by atoms with Crippen molar-refractivity contribution in [3.05, 3.63) is 42.2 Å². The molecule has 7 heteroatoms. The molecule has 1 aromatic carbocycles. The van der Waals surface area contributed by atoms with E-state index in [9.17, 15) is 4.79 Å². The predicted octanol–water partition coefficient (Wildman–Crippen LogP) is 3.09. The van der Waals surface area contributed by atoms with Crippen molar-refractivity contribution in [3.8, 4) is 5.88 Å². The van der Waals surface area contributed by atoms with Crippen LogP contribution in [0.2, 0.25) is 0 Å². The predicted molar refractivity (Wildman–Crippen MR) is 108 cm³/mol. The number of rotatable bonds is 9. The van der Waals surface area contributed by atoms with E-state index in [-0.39, 0.29) is 6.10 Å². The maximum atomic E-state index is 11.9. The molecule has 2 heterocycles. The van der Waals surface area contributed by atoms with E-state index in [1.54, 1.807) is 24.5 Å². The monoisotopic (exact) mass is 383 g/mol. The molecule has 3 aromatic rings. The van der Waals surface area contributed by atoms with Crippen LogP contribution >= 0.6 is 0 Å². The van der Waals surface area contributed by atoms with Gasteiger partial charge in [-0.3, -0.25) is 4.98 Å². The molecule has 3 rings (SSSR count). The van der Waals surface area contributed by atoms with Crippen molar-refractivity contribution in [2.75, 3.05) is 26.9 Å². The Morgan fingerprint density at radius 1 is 1.18 bits per heavy atom. The van der Waals surface area contributed by atoms with E-state index in [0.717, 1.165) is 29.0 Å². The van der Waals surface area contributed by atoms with Crippen molar-refractivity contribution in [1.29, 1.82) is 0 Å². The molecule has 28 heavy (non-hydrogen) atoms. The van der Waals surface area contributed by atoms with Gasteiger partial charge in [0.25, 0.3) is 0 Å². The summed E-state index contributed by atoms with van der Waals surface area (Å²) in [6, 6.07) is 7.15. The summed E-state index contributed by atoms with van der Waals surface area (Å²) in [6.45, 7) is 3.72. The van der Waals surface area contributed by atoms with Crippen molar-refractivity contribution >= 4 is 27.6 Å². The van der Waals surface area contributed by atoms with E-state index < -0.39 is 5.97 Å². The first-order valence-electron chi connectivity index (χ1n) is 9.34. The van der Waals surface area contributed by atoms with Gasteiger partial charge in [0.05, 0.1) is 24.8 Å². The van der Waals surface area contributed by atoms with Gasteiger partial charge in [0, 0.05) is 35.2 Å². The van der Waals surface area contributed by atoms with Crippen LogP contribution < -0.4 is 10.5 Å². The number of nitrogens with zero attached hydrogens (tertiary/aromatic N) is 2. The van der Waals surface area contributed by atoms with Crippen LogP contribution in [0.25, 0.3) is 21.7 Å². The molecule has 0 saturated carbocycles. The topological polar surface area (TPSA) is 96.6 Å². The number of unbranched alkanes of at least 4 members (excludes halogenated alkanes) is 1. The molecule has 0 spiro atoms. The van der Waals surface area contributed by atoms with Crippen molar-refractivity contribution in [1.82, 2.24) is 9.97 Å². The van der Waals surface area contributed by atoms with E-state index in [0.29, 0.717) is 36.7 Å². The first kappa shape index (κ1) is 20.0. The molecule has 2 N–H and O–H groups in total. The van der Waals surface area contributed by atoms with E-state index in [2.05, 4.69) is 9.97 Å². The standard InChI is InChI=1S/C21H25N3O4/c1-14(13-27-10-4-3-8-22)28-20-17-7-9-23-12-18(17)16-6-5-15(21(25)26-2)11-19(16)24-20/h5-7,9,11-12,14H,3-4,8,10,13,22H2,1-2H3/t14-/m0/s1. The van der Waals surface area contributed by atoms with Gasteiger partial charge in [-0.2, -0.15) is 0 Å². The highest BCUT2D eigenvalue weighted by Gasteiger charge is 2.15. The number of pyridine rings is 2. The minimum atomic E-state index is -0.406. The zero-order chi connectivity index (χ0) is 19.9. The van der Waals surface area contributed by atoms with Gasteiger partial charge < -0.3 is 19.9 Å². The number of nitrogens with two attached hydrogens (primary N) is 1. The fourth-order valence-electron chi connectivity index (χ4n) is 2.97. The minimum Gasteiger partial charge on any atom is -0.472 e. The van der Waals surface area contributed by atoms with E-state index >= 15 is 0 Å². The number of aromatic nitrogens is 2. The Bertz CT molecular complexity index is 961. The first-order chi connectivity index (χ1) is 13.6. The Labute approximate surface area is 163 Å². The Balaban J connectivity index is 1.88. The van der Waals surface area contributed by atoms with Crippen LogP contribution in [0.4, 0.5) is 0 Å². The molecule has 7 nitrogen and oxygen atoms in total. The van der Waals surface area contributed by atoms with Crippen molar-refractivity contribution in [2.24, 2.45) is 5.73 Å². The Morgan fingerprint density at radius 3 is 2.82 bits per heavy atom. The van der Waals surface area contributed by atoms with Crippen LogP contribution in [-0.2, 0) is 9.47 Å². The molecule has 0 bridgehead atoms. The summed E-state index contributed by atoms with van der Waals surface area (Å²) in [5.41, 5.74) is 6.57. The van der Waals surface area contributed by atoms with Crippen LogP contribution in [0.1, 0.15) is 30.1 Å². The van der Waals surface area contributed by atoms with Gasteiger partial charge >= 0.3 is 5.97 Å². The lowest BCUT2D eigenvalue weighted by Gasteiger charge is -2.17. The number of esters is 1. The quantitative estimate of drug-likeness (QED) is 0.344. The average Bonchev–Trinajstić information content (AvgIpc) is 2.72. The van der Waals surface area contributed by atoms with Crippen LogP contribution in [-0.4, -0.2) is 48.9 Å². The summed E-state index contributed by atoms with van der Waals surface area (Å²) >= 11 is 0. The van der Waals surface area contributed by atoms with Gasteiger partial charge in [0.15, 0.2) is 0 Å². The third-order valence-electron chi connectivity index (χ3n) is 4.39. The lowest BCUT2D eigenvalue weighted by atomic mass is 10.1. The fraction of sp³-hybridized carbons (Fsp3) is 0.381. The van der Waals surface area contributed by atoms with Gasteiger partial charge in [-0.05, 0) is 44.5 Å². The zero-order valence-corrected chi connectivity index (χ0v) is 16.2. The van der Waals surface area contributed by atoms with Gasteiger partial charge in [0.1, 0.15) is 6.10 Å². The number of hydrogen-bond donors (Lipinski definition) is 1. The number of fused-ring (bicyclic) bond motifs is 3. The molecule has 0 saturated heterocycles. The van der Waals surface area contributed by atoms with E-state index in [1.807, 2.05) is 19.1 Å². The normalized spacial score (nSPS) is 12.2. The van der Waals surface area contributed by atoms with Crippen LogP contribution in [0, 0.1) is 0 Å². The minimum absolute atomic E-state index is 0.178. The summed E-state index contributed by atoms with van der Waals surface area (Å²) in [5.74, 6) is 0.0849. The van der Waals surface area contributed by atoms with Crippen molar-refractivity contribution in [3.63, 3.8) is 0 Å². The zero-order valence-electron chi connectivity index (χ0n) is 16.2. The highest BCUT2D eigenvalue weighted by molar-refractivity contribution is 6.08. The number of carbonyl (C=O) groups is 1. The summed E-state index contributed by atoms with van der Waals surface area (Å²) in [7, 11) is 1.36. The fourth-order valence-corrected chi connectivity index (χ4v) is 2.97. The van der Waals surface area contributed by atoms with Crippen LogP contribution in [0.5, 0.6) is 5.88 Å². The Morgan fingerprint density at radius 2 is 2.04 bits per heavy atom. The first-order valence-corrected chi connectivity index (χ1v) is 9.34. The Kier molecular flexibility index (Phi) is 6.73. The lowest BCUT2D eigenvalue weighted by molar-refractivity contribution is 0.0558. The molecule has 148 valence electrons. The lowest BCUT2D eigenvalue weighted by Crippen LogP contribution is -2.20. The maximum Gasteiger partial charge on any atom is 0.337 e. The number of hydrogen-bond acceptors (Lipinski definition) is 7. The SMILES string of the molecule is COC(=O)c1ccc2c(c1)nc(O[C@@H](C)COCCCCN)c1ccncc12. The number of benzene rings is 1. The molecule has 2 aromatic heterocycles. The number of ether oxygens (including phenoxy) is 3. The second-order valence-electron chi connectivity index (χ2n) is 6.56. The summed E-state index contributed by atoms with van der Waals surface area (Å²) in [6.07, 6.45) is 5.18. The summed E-state index contributed by atoms with van der Waals surface area (Å²) in [5, 5.41) is 2.67. The molecular formula is C21H25N3O4. The van der Waals surface area contributed by atoms with Gasteiger partial charge in [0.2, 0.25) is 5.88 Å². The molecule has 0 aliphatic rings. The van der Waals surface area contributed by atoms with Crippen LogP contribution in [0.15, 0.2) is 36.7 Å². The van der Waals surface area contributed by atoms with E-state index in [4.69, 9.17) is 19.9 Å². The molecular weight excluding hydrogens is 358 g/mol. The second-order valence-corrected chi connectivity index (χ2v) is 6.56. The smallest absolute Gasteiger partial charge is 0.337 e. The molecule has 0 aliphatic carbocycles. The van der Waals surface area contributed by atoms with Gasteiger partial charge in [-0.1, -0.05) is 6.07 Å². The summed E-state index contributed by atoms with van der Waals surface area (Å²) in [4.78, 5) is 20.7. The second kappa shape index (κ2) is 9.43. The molecule has 1 atom stereocenters.